The standard InChI is InChI=1S/C26H35N3O4S/c1-21(26(31)27-23-14-9-10-15-23)29(20-22-12-5-3-6-13-22)25(30)18-11-19-28(2)34(32,33)24-16-7-4-8-17-24/h3-8,12-13,16-17,21,23H,9-11,14-15,18-20H2,1-2H3,(H,27,31)/t21-/m0/s1. The molecule has 2 aromatic rings. The highest BCUT2D eigenvalue weighted by molar-refractivity contribution is 7.89. The Labute approximate surface area is 203 Å². The number of hydrogen-bond donors (Lipinski definition) is 1. The van der Waals surface area contributed by atoms with Gasteiger partial charge in [0.2, 0.25) is 21.8 Å². The molecule has 0 unspecified atom stereocenters. The minimum Gasteiger partial charge on any atom is -0.352 e. The van der Waals surface area contributed by atoms with Crippen LogP contribution in [-0.2, 0) is 26.2 Å². The second kappa shape index (κ2) is 12.1. The zero-order valence-corrected chi connectivity index (χ0v) is 20.8. The summed E-state index contributed by atoms with van der Waals surface area (Å²) in [5, 5.41) is 3.09. The summed E-state index contributed by atoms with van der Waals surface area (Å²) in [6.07, 6.45) is 4.71. The molecule has 0 spiro atoms. The molecule has 1 saturated carbocycles. The van der Waals surface area contributed by atoms with E-state index >= 15 is 0 Å². The van der Waals surface area contributed by atoms with E-state index in [4.69, 9.17) is 0 Å². The van der Waals surface area contributed by atoms with Crippen LogP contribution in [0, 0.1) is 0 Å². The molecule has 1 aliphatic carbocycles. The Balaban J connectivity index is 1.62. The maximum Gasteiger partial charge on any atom is 0.242 e. The first-order valence-corrected chi connectivity index (χ1v) is 13.4. The molecule has 0 aromatic heterocycles. The smallest absolute Gasteiger partial charge is 0.242 e. The van der Waals surface area contributed by atoms with Crippen LogP contribution in [0.3, 0.4) is 0 Å². The number of nitrogens with one attached hydrogen (secondary N) is 1. The third-order valence-corrected chi connectivity index (χ3v) is 8.25. The molecular formula is C26H35N3O4S. The van der Waals surface area contributed by atoms with Gasteiger partial charge in [0.15, 0.2) is 0 Å². The Kier molecular flexibility index (Phi) is 9.24. The van der Waals surface area contributed by atoms with Crippen LogP contribution >= 0.6 is 0 Å². The van der Waals surface area contributed by atoms with E-state index in [-0.39, 0.29) is 35.7 Å². The summed E-state index contributed by atoms with van der Waals surface area (Å²) < 4.78 is 26.7. The summed E-state index contributed by atoms with van der Waals surface area (Å²) in [7, 11) is -2.08. The van der Waals surface area contributed by atoms with Gasteiger partial charge in [0.25, 0.3) is 0 Å². The molecule has 8 heteroatoms. The Morgan fingerprint density at radius 3 is 2.21 bits per heavy atom. The molecule has 34 heavy (non-hydrogen) atoms. The van der Waals surface area contributed by atoms with E-state index in [1.54, 1.807) is 42.2 Å². The maximum atomic E-state index is 13.2. The summed E-state index contributed by atoms with van der Waals surface area (Å²) in [4.78, 5) is 28.0. The van der Waals surface area contributed by atoms with E-state index in [1.165, 1.54) is 11.4 Å². The number of nitrogens with zero attached hydrogens (tertiary/aromatic N) is 2. The highest BCUT2D eigenvalue weighted by atomic mass is 32.2. The van der Waals surface area contributed by atoms with Crippen molar-refractivity contribution in [3.05, 3.63) is 66.2 Å². The summed E-state index contributed by atoms with van der Waals surface area (Å²) in [5.41, 5.74) is 0.945. The fourth-order valence-electron chi connectivity index (χ4n) is 4.24. The summed E-state index contributed by atoms with van der Waals surface area (Å²) >= 11 is 0. The number of sulfonamides is 1. The summed E-state index contributed by atoms with van der Waals surface area (Å²) in [6, 6.07) is 17.4. The maximum absolute atomic E-state index is 13.2. The summed E-state index contributed by atoms with van der Waals surface area (Å²) in [6.45, 7) is 2.30. The summed E-state index contributed by atoms with van der Waals surface area (Å²) in [5.74, 6) is -0.302. The third-order valence-electron chi connectivity index (χ3n) is 6.38. The van der Waals surface area contributed by atoms with Gasteiger partial charge in [-0.3, -0.25) is 9.59 Å². The lowest BCUT2D eigenvalue weighted by Gasteiger charge is -2.30. The van der Waals surface area contributed by atoms with Gasteiger partial charge in [-0.2, -0.15) is 0 Å². The van der Waals surface area contributed by atoms with E-state index in [0.717, 1.165) is 31.2 Å². The van der Waals surface area contributed by atoms with Gasteiger partial charge < -0.3 is 10.2 Å². The van der Waals surface area contributed by atoms with E-state index in [2.05, 4.69) is 5.32 Å². The topological polar surface area (TPSA) is 86.8 Å². The Hall–Kier alpha value is -2.71. The van der Waals surface area contributed by atoms with E-state index in [9.17, 15) is 18.0 Å². The second-order valence-corrected chi connectivity index (χ2v) is 11.0. The van der Waals surface area contributed by atoms with E-state index < -0.39 is 16.1 Å². The lowest BCUT2D eigenvalue weighted by molar-refractivity contribution is -0.141. The molecule has 2 amide bonds. The molecule has 0 heterocycles. The van der Waals surface area contributed by atoms with E-state index in [0.29, 0.717) is 13.0 Å². The van der Waals surface area contributed by atoms with Crippen molar-refractivity contribution in [3.8, 4) is 0 Å². The fraction of sp³-hybridized carbons (Fsp3) is 0.462. The van der Waals surface area contributed by atoms with Crippen molar-refractivity contribution >= 4 is 21.8 Å². The predicted octanol–water partition coefficient (Wildman–Crippen LogP) is 3.56. The van der Waals surface area contributed by atoms with Crippen LogP contribution in [0.4, 0.5) is 0 Å². The van der Waals surface area contributed by atoms with Crippen molar-refractivity contribution in [2.75, 3.05) is 13.6 Å². The van der Waals surface area contributed by atoms with Crippen LogP contribution in [-0.4, -0.2) is 55.1 Å². The number of amides is 2. The van der Waals surface area contributed by atoms with Crippen LogP contribution in [0.1, 0.15) is 51.0 Å². The molecule has 1 aliphatic rings. The molecule has 3 rings (SSSR count). The molecule has 0 saturated heterocycles. The predicted molar refractivity (Wildman–Crippen MR) is 132 cm³/mol. The quantitative estimate of drug-likeness (QED) is 0.527. The monoisotopic (exact) mass is 485 g/mol. The second-order valence-electron chi connectivity index (χ2n) is 8.92. The van der Waals surface area contributed by atoms with Gasteiger partial charge in [0.1, 0.15) is 6.04 Å². The van der Waals surface area contributed by atoms with Crippen LogP contribution < -0.4 is 5.32 Å². The number of rotatable bonds is 11. The number of carbonyl (C=O) groups is 2. The fourth-order valence-corrected chi connectivity index (χ4v) is 5.47. The molecule has 7 nitrogen and oxygen atoms in total. The van der Waals surface area contributed by atoms with Crippen molar-refractivity contribution in [1.29, 1.82) is 0 Å². The minimum absolute atomic E-state index is 0.139. The SMILES string of the molecule is C[C@@H](C(=O)NC1CCCC1)N(Cc1ccccc1)C(=O)CCCN(C)S(=O)(=O)c1ccccc1. The third kappa shape index (κ3) is 6.90. The van der Waals surface area contributed by atoms with E-state index in [1.807, 2.05) is 30.3 Å². The molecule has 1 fully saturated rings. The molecule has 2 aromatic carbocycles. The van der Waals surface area contributed by atoms with Gasteiger partial charge in [0, 0.05) is 32.6 Å². The molecule has 1 N–H and O–H groups in total. The Morgan fingerprint density at radius 1 is 1.00 bits per heavy atom. The molecule has 184 valence electrons. The van der Waals surface area contributed by atoms with Crippen LogP contribution in [0.2, 0.25) is 0 Å². The minimum atomic E-state index is -3.60. The molecule has 0 radical (unpaired) electrons. The van der Waals surface area contributed by atoms with Gasteiger partial charge in [-0.15, -0.1) is 0 Å². The first kappa shape index (κ1) is 25.9. The lowest BCUT2D eigenvalue weighted by atomic mass is 10.1. The highest BCUT2D eigenvalue weighted by Crippen LogP contribution is 2.19. The van der Waals surface area contributed by atoms with Gasteiger partial charge in [-0.1, -0.05) is 61.4 Å². The van der Waals surface area contributed by atoms with Gasteiger partial charge in [-0.25, -0.2) is 12.7 Å². The van der Waals surface area contributed by atoms with Crippen LogP contribution in [0.25, 0.3) is 0 Å². The molecular weight excluding hydrogens is 450 g/mol. The number of hydrogen-bond acceptors (Lipinski definition) is 4. The number of benzene rings is 2. The van der Waals surface area contributed by atoms with Crippen molar-refractivity contribution in [1.82, 2.24) is 14.5 Å². The van der Waals surface area contributed by atoms with Crippen LogP contribution in [0.15, 0.2) is 65.6 Å². The lowest BCUT2D eigenvalue weighted by Crippen LogP contribution is -2.49. The first-order valence-electron chi connectivity index (χ1n) is 11.9. The van der Waals surface area contributed by atoms with Crippen molar-refractivity contribution < 1.29 is 18.0 Å². The van der Waals surface area contributed by atoms with Gasteiger partial charge >= 0.3 is 0 Å². The zero-order valence-electron chi connectivity index (χ0n) is 20.0. The average Bonchev–Trinajstić information content (AvgIpc) is 3.36. The Morgan fingerprint density at radius 2 is 1.59 bits per heavy atom. The molecule has 0 aliphatic heterocycles. The van der Waals surface area contributed by atoms with Crippen LogP contribution in [0.5, 0.6) is 0 Å². The van der Waals surface area contributed by atoms with Gasteiger partial charge in [-0.05, 0) is 43.9 Å². The number of carbonyl (C=O) groups excluding carboxylic acids is 2. The van der Waals surface area contributed by atoms with Crippen molar-refractivity contribution in [3.63, 3.8) is 0 Å². The molecule has 0 bridgehead atoms. The largest absolute Gasteiger partial charge is 0.352 e. The highest BCUT2D eigenvalue weighted by Gasteiger charge is 2.28. The van der Waals surface area contributed by atoms with Crippen molar-refractivity contribution in [2.45, 2.75) is 69.0 Å². The first-order chi connectivity index (χ1) is 16.3. The normalized spacial score (nSPS) is 15.3. The Bertz CT molecular complexity index is 1040. The van der Waals surface area contributed by atoms with Gasteiger partial charge in [0.05, 0.1) is 4.90 Å². The van der Waals surface area contributed by atoms with Crippen molar-refractivity contribution in [2.24, 2.45) is 0 Å². The zero-order chi connectivity index (χ0) is 24.6. The molecule has 1 atom stereocenters. The average molecular weight is 486 g/mol.